The molecule has 3 aromatic heterocycles. The second kappa shape index (κ2) is 32.9. The Morgan fingerprint density at radius 3 is 0.761 bits per heavy atom. The minimum Gasteiger partial charge on any atom is -0.372 e. The highest BCUT2D eigenvalue weighted by Gasteiger charge is 2.30. The molecule has 16 nitrogen and oxygen atoms in total. The van der Waals surface area contributed by atoms with Crippen LogP contribution in [0.3, 0.4) is 0 Å². The van der Waals surface area contributed by atoms with Gasteiger partial charge >= 0.3 is 0 Å². The number of benzene rings is 4. The van der Waals surface area contributed by atoms with Gasteiger partial charge in [-0.15, -0.1) is 0 Å². The molecule has 0 atom stereocenters. The van der Waals surface area contributed by atoms with Gasteiger partial charge in [-0.2, -0.15) is 21.0 Å². The number of hydrogen-bond donors (Lipinski definition) is 2. The Morgan fingerprint density at radius 2 is 0.533 bits per heavy atom. The van der Waals surface area contributed by atoms with E-state index in [4.69, 9.17) is 29.9 Å². The normalized spacial score (nSPS) is 12.0. The number of rotatable bonds is 32. The molecular weight excluding hydrogens is 1140 g/mol. The number of unbranched alkanes of at least 4 members (excludes halogenated alkanes) is 8. The van der Waals surface area contributed by atoms with Crippen LogP contribution in [0.15, 0.2) is 97.1 Å². The number of anilines is 4. The van der Waals surface area contributed by atoms with E-state index in [-0.39, 0.29) is 68.2 Å². The molecular formula is C76H90N16. The highest BCUT2D eigenvalue weighted by Crippen LogP contribution is 2.40. The quantitative estimate of drug-likeness (QED) is 0.0401. The lowest BCUT2D eigenvalue weighted by atomic mass is 10.00. The first-order valence-electron chi connectivity index (χ1n) is 33.9. The van der Waals surface area contributed by atoms with Crippen molar-refractivity contribution in [2.75, 3.05) is 72.0 Å². The van der Waals surface area contributed by atoms with Gasteiger partial charge in [0, 0.05) is 97.4 Å². The number of nitriles is 4. The first kappa shape index (κ1) is 66.8. The second-order valence-electron chi connectivity index (χ2n) is 24.0. The molecule has 0 aliphatic carbocycles. The number of H-pyrrole nitrogens is 2. The Morgan fingerprint density at radius 1 is 0.293 bits per heavy atom. The van der Waals surface area contributed by atoms with Gasteiger partial charge in [0.15, 0.2) is 34.6 Å². The van der Waals surface area contributed by atoms with Crippen LogP contribution >= 0.6 is 0 Å². The average Bonchev–Trinajstić information content (AvgIpc) is 1.68. The van der Waals surface area contributed by atoms with Gasteiger partial charge in [0.25, 0.3) is 0 Å². The highest BCUT2D eigenvalue weighted by atomic mass is 15.1. The SMILES string of the molecule is CCCCN(CCCC)c1ccc(C2=C(C#N)c3nc2nc2[nH]c(nc4nc(nc5[nH]c(n3)c(-c3ccc(N(CCCC)CCCC)cc3)c5C#N)C(c3ccc(N(CCCC)CCCC)cc3)=C4C#N)c(-c3ccc(N(CCCC)CCCC)cc3)c2C#N)cc1. The molecule has 0 amide bonds. The maximum Gasteiger partial charge on any atom is 0.175 e. The van der Waals surface area contributed by atoms with E-state index in [1.165, 1.54) is 0 Å². The van der Waals surface area contributed by atoms with Gasteiger partial charge in [-0.1, -0.05) is 155 Å². The van der Waals surface area contributed by atoms with Gasteiger partial charge in [0.1, 0.15) is 57.8 Å². The van der Waals surface area contributed by atoms with E-state index >= 15 is 0 Å². The van der Waals surface area contributed by atoms with E-state index in [1.807, 2.05) is 48.5 Å². The lowest BCUT2D eigenvalue weighted by Crippen LogP contribution is -2.25. The van der Waals surface area contributed by atoms with Crippen LogP contribution in [0.2, 0.25) is 0 Å². The van der Waals surface area contributed by atoms with E-state index < -0.39 is 0 Å². The predicted molar refractivity (Wildman–Crippen MR) is 377 cm³/mol. The van der Waals surface area contributed by atoms with Crippen molar-refractivity contribution in [3.05, 3.63) is 143 Å². The fourth-order valence-electron chi connectivity index (χ4n) is 12.1. The summed E-state index contributed by atoms with van der Waals surface area (Å²) in [6.45, 7) is 24.9. The minimum absolute atomic E-state index is 0.0556. The molecule has 5 heterocycles. The molecule has 8 bridgehead atoms. The fourth-order valence-corrected chi connectivity index (χ4v) is 12.1. The van der Waals surface area contributed by atoms with Crippen LogP contribution in [-0.4, -0.2) is 92.2 Å². The monoisotopic (exact) mass is 1230 g/mol. The number of allylic oxidation sites excluding steroid dienone is 2. The van der Waals surface area contributed by atoms with Crippen LogP contribution in [0.25, 0.3) is 67.1 Å². The van der Waals surface area contributed by atoms with Crippen LogP contribution < -0.4 is 19.6 Å². The number of fused-ring (bicyclic) bond motifs is 8. The Labute approximate surface area is 545 Å². The van der Waals surface area contributed by atoms with Crippen LogP contribution in [-0.2, 0) is 0 Å². The molecule has 0 fully saturated rings. The van der Waals surface area contributed by atoms with Crippen molar-refractivity contribution in [3.8, 4) is 46.5 Å². The molecule has 0 spiro atoms. The third-order valence-corrected chi connectivity index (χ3v) is 17.4. The summed E-state index contributed by atoms with van der Waals surface area (Å²) in [6.07, 6.45) is 17.0. The van der Waals surface area contributed by atoms with Crippen LogP contribution in [0, 0.1) is 45.3 Å². The second-order valence-corrected chi connectivity index (χ2v) is 24.0. The minimum atomic E-state index is 0.0556. The maximum absolute atomic E-state index is 11.5. The molecule has 7 aromatic rings. The fraction of sp³-hybridized carbons (Fsp3) is 0.421. The molecule has 92 heavy (non-hydrogen) atoms. The van der Waals surface area contributed by atoms with Crippen molar-refractivity contribution in [3.63, 3.8) is 0 Å². The Hall–Kier alpha value is -9.64. The first-order valence-corrected chi connectivity index (χ1v) is 33.9. The molecule has 0 saturated carbocycles. The largest absolute Gasteiger partial charge is 0.372 e. The smallest absolute Gasteiger partial charge is 0.175 e. The first-order chi connectivity index (χ1) is 45.1. The van der Waals surface area contributed by atoms with Crippen LogP contribution in [0.1, 0.15) is 204 Å². The van der Waals surface area contributed by atoms with Crippen molar-refractivity contribution >= 4 is 67.6 Å². The van der Waals surface area contributed by atoms with E-state index in [1.54, 1.807) is 0 Å². The van der Waals surface area contributed by atoms with E-state index in [2.05, 4.69) is 158 Å². The van der Waals surface area contributed by atoms with Gasteiger partial charge in [-0.3, -0.25) is 0 Å². The van der Waals surface area contributed by atoms with Gasteiger partial charge in [0.2, 0.25) is 0 Å². The van der Waals surface area contributed by atoms with Crippen LogP contribution in [0.5, 0.6) is 0 Å². The number of aromatic nitrogens is 8. The summed E-state index contributed by atoms with van der Waals surface area (Å²) in [5.74, 6) is 0.398. The summed E-state index contributed by atoms with van der Waals surface area (Å²) < 4.78 is 0. The van der Waals surface area contributed by atoms with Gasteiger partial charge < -0.3 is 29.6 Å². The molecule has 9 rings (SSSR count). The maximum atomic E-state index is 11.5. The highest BCUT2D eigenvalue weighted by molar-refractivity contribution is 6.06. The molecule has 474 valence electrons. The lowest BCUT2D eigenvalue weighted by Gasteiger charge is -2.25. The van der Waals surface area contributed by atoms with Gasteiger partial charge in [-0.05, 0) is 122 Å². The zero-order chi connectivity index (χ0) is 64.9. The number of aromatic amines is 2. The van der Waals surface area contributed by atoms with E-state index in [0.29, 0.717) is 44.5 Å². The standard InChI is InChI=1S/C76H90N16/c1-9-17-41-89(42-18-10-2)57-33-25-53(26-34-57)65-61(49-77)69-81-73(65)85-70-62(50-78)66(54-27-35-58(36-28-54)90(43-19-11-3)44-20-12-4)75(82-70)87-72-64(52-80)68(56-31-39-60(40-32-56)92(47-23-15-7)48-24-16-8)76(84-72)88-71-63(51-79)67(74(83-71)86-69)55-29-37-59(38-30-55)91(45-21-13-5)46-22-14-6/h25-40H,9-24,41-48H2,1-8H3,(H2,81,82,83,84,85,86,87,88). The molecule has 2 aliphatic heterocycles. The average molecular weight is 1230 g/mol. The molecule has 16 heteroatoms. The summed E-state index contributed by atoms with van der Waals surface area (Å²) in [4.78, 5) is 47.9. The Kier molecular flexibility index (Phi) is 23.9. The molecule has 0 saturated heterocycles. The molecule has 2 N–H and O–H groups in total. The van der Waals surface area contributed by atoms with E-state index in [0.717, 1.165) is 178 Å². The van der Waals surface area contributed by atoms with Crippen molar-refractivity contribution in [2.45, 2.75) is 158 Å². The number of hydrogen-bond acceptors (Lipinski definition) is 14. The number of nitrogens with zero attached hydrogens (tertiary/aromatic N) is 14. The van der Waals surface area contributed by atoms with Crippen molar-refractivity contribution in [1.82, 2.24) is 39.9 Å². The summed E-state index contributed by atoms with van der Waals surface area (Å²) >= 11 is 0. The van der Waals surface area contributed by atoms with Crippen molar-refractivity contribution < 1.29 is 0 Å². The van der Waals surface area contributed by atoms with Crippen molar-refractivity contribution in [1.29, 1.82) is 21.0 Å². The number of nitrogens with one attached hydrogen (secondary N) is 2. The summed E-state index contributed by atoms with van der Waals surface area (Å²) in [5.41, 5.74) is 10.2. The van der Waals surface area contributed by atoms with E-state index in [9.17, 15) is 21.0 Å². The van der Waals surface area contributed by atoms with Gasteiger partial charge in [-0.25, -0.2) is 29.9 Å². The molecule has 0 radical (unpaired) electrons. The third kappa shape index (κ3) is 15.2. The Bertz CT molecular complexity index is 3750. The van der Waals surface area contributed by atoms with Gasteiger partial charge in [0.05, 0.1) is 0 Å². The topological polar surface area (TPSA) is 217 Å². The van der Waals surface area contributed by atoms with Crippen LogP contribution in [0.4, 0.5) is 22.7 Å². The Balaban J connectivity index is 1.38. The summed E-state index contributed by atoms with van der Waals surface area (Å²) in [6, 6.07) is 42.7. The summed E-state index contributed by atoms with van der Waals surface area (Å²) in [7, 11) is 0. The molecule has 4 aromatic carbocycles. The third-order valence-electron chi connectivity index (χ3n) is 17.4. The molecule has 0 unspecified atom stereocenters. The zero-order valence-corrected chi connectivity index (χ0v) is 55.5. The molecule has 2 aliphatic rings. The summed E-state index contributed by atoms with van der Waals surface area (Å²) in [5, 5.41) is 46.0. The predicted octanol–water partition coefficient (Wildman–Crippen LogP) is 17.6. The zero-order valence-electron chi connectivity index (χ0n) is 55.5. The van der Waals surface area contributed by atoms with Crippen molar-refractivity contribution in [2.24, 2.45) is 0 Å². The lowest BCUT2D eigenvalue weighted by molar-refractivity contribution is 0.678.